The third-order valence-electron chi connectivity index (χ3n) is 21.1. The molecule has 9 aliphatic rings. The Hall–Kier alpha value is -1.59. The zero-order chi connectivity index (χ0) is 54.7. The SMILES string of the molecule is CC1(C)CC[C@]2(C(=O)O[C@@H]3O[C@H](CO)[C@@H](O)[C@H](O)[C@H]3O)CC[C@]3(C)C(=CCC4[C@@]5(C)CC[C@H](O[C@@H]6OC[C@H](O[C@@H]7O[C@H](CO)[C@@H](O)[C@H](O)[C@H]7O)[C@H](O)[C@H]6O[C@@H]6O[C@H](CO)[C@@H](O)[C@H](O)[C@H]6O)C(C)(C)C5CC[C@]43C)[C@@H]2C1. The quantitative estimate of drug-likeness (QED) is 0.0643. The summed E-state index contributed by atoms with van der Waals surface area (Å²) >= 11 is 0. The normalized spacial score (nSPS) is 53.5. The number of ether oxygens (including phenoxy) is 8. The highest BCUT2D eigenvalue weighted by molar-refractivity contribution is 5.79. The first-order valence-corrected chi connectivity index (χ1v) is 27.2. The van der Waals surface area contributed by atoms with Crippen molar-refractivity contribution in [1.29, 1.82) is 0 Å². The van der Waals surface area contributed by atoms with E-state index in [1.807, 2.05) is 0 Å². The van der Waals surface area contributed by atoms with Gasteiger partial charge in [-0.3, -0.25) is 4.79 Å². The van der Waals surface area contributed by atoms with Gasteiger partial charge in [0.25, 0.3) is 0 Å². The third kappa shape index (κ3) is 9.50. The summed E-state index contributed by atoms with van der Waals surface area (Å²) < 4.78 is 48.3. The number of carbonyl (C=O) groups excluding carboxylic acids is 1. The van der Waals surface area contributed by atoms with Gasteiger partial charge in [-0.2, -0.15) is 0 Å². The first-order valence-electron chi connectivity index (χ1n) is 27.2. The molecule has 5 aliphatic carbocycles. The second-order valence-corrected chi connectivity index (χ2v) is 25.8. The summed E-state index contributed by atoms with van der Waals surface area (Å²) in [7, 11) is 0. The summed E-state index contributed by atoms with van der Waals surface area (Å²) in [4.78, 5) is 14.8. The Morgan fingerprint density at radius 3 is 1.68 bits per heavy atom. The molecule has 4 heterocycles. The van der Waals surface area contributed by atoms with E-state index in [0.29, 0.717) is 25.7 Å². The highest BCUT2D eigenvalue weighted by Gasteiger charge is 2.70. The van der Waals surface area contributed by atoms with Crippen LogP contribution in [0.2, 0.25) is 0 Å². The second kappa shape index (κ2) is 21.1. The Labute approximate surface area is 437 Å². The molecular weight excluding hydrogens is 989 g/mol. The van der Waals surface area contributed by atoms with Crippen LogP contribution in [0.25, 0.3) is 0 Å². The van der Waals surface area contributed by atoms with E-state index in [9.17, 15) is 71.2 Å². The van der Waals surface area contributed by atoms with Gasteiger partial charge in [0.05, 0.1) is 37.9 Å². The van der Waals surface area contributed by atoms with Crippen LogP contribution in [-0.4, -0.2) is 222 Å². The molecule has 0 radical (unpaired) electrons. The van der Waals surface area contributed by atoms with Gasteiger partial charge in [-0.15, -0.1) is 0 Å². The molecule has 2 unspecified atom stereocenters. The molecule has 0 bridgehead atoms. The molecule has 4 saturated heterocycles. The molecule has 8 fully saturated rings. The molecule has 22 heteroatoms. The van der Waals surface area contributed by atoms with E-state index < -0.39 is 159 Å². The molecule has 22 nitrogen and oxygen atoms in total. The van der Waals surface area contributed by atoms with Crippen LogP contribution in [-0.2, 0) is 42.7 Å². The average Bonchev–Trinajstić information content (AvgIpc) is 3.36. The molecule has 0 aromatic heterocycles. The summed E-state index contributed by atoms with van der Waals surface area (Å²) in [5.74, 6) is -0.345. The van der Waals surface area contributed by atoms with Crippen molar-refractivity contribution in [3.63, 3.8) is 0 Å². The van der Waals surface area contributed by atoms with Gasteiger partial charge in [-0.25, -0.2) is 0 Å². The van der Waals surface area contributed by atoms with Crippen LogP contribution in [0, 0.1) is 50.2 Å². The lowest BCUT2D eigenvalue weighted by atomic mass is 9.33. The molecule has 13 N–H and O–H groups in total. The van der Waals surface area contributed by atoms with E-state index in [-0.39, 0.29) is 46.0 Å². The molecule has 0 spiro atoms. The number of allylic oxidation sites excluding steroid dienone is 2. The van der Waals surface area contributed by atoms with E-state index in [2.05, 4.69) is 54.5 Å². The van der Waals surface area contributed by atoms with Gasteiger partial charge < -0.3 is 104 Å². The Bertz CT molecular complexity index is 2050. The summed E-state index contributed by atoms with van der Waals surface area (Å²) in [6.45, 7) is 13.5. The minimum absolute atomic E-state index is 0.0876. The van der Waals surface area contributed by atoms with E-state index in [0.717, 1.165) is 38.5 Å². The fraction of sp³-hybridized carbons (Fsp3) is 0.943. The number of hydrogen-bond donors (Lipinski definition) is 13. The lowest BCUT2D eigenvalue weighted by molar-refractivity contribution is -0.382. The smallest absolute Gasteiger partial charge is 0.315 e. The summed E-state index contributed by atoms with van der Waals surface area (Å²) in [6.07, 6.45) is -21.3. The monoisotopic (exact) mass is 1070 g/mol. The average molecular weight is 1080 g/mol. The summed E-state index contributed by atoms with van der Waals surface area (Å²) in [5.41, 5.74) is -0.972. The van der Waals surface area contributed by atoms with Crippen molar-refractivity contribution in [1.82, 2.24) is 0 Å². The number of hydrogen-bond acceptors (Lipinski definition) is 22. The van der Waals surface area contributed by atoms with E-state index in [1.165, 1.54) is 5.57 Å². The van der Waals surface area contributed by atoms with Crippen molar-refractivity contribution in [3.8, 4) is 0 Å². The summed E-state index contributed by atoms with van der Waals surface area (Å²) in [5, 5.41) is 137. The van der Waals surface area contributed by atoms with Crippen LogP contribution in [0.15, 0.2) is 11.6 Å². The molecule has 0 amide bonds. The predicted octanol–water partition coefficient (Wildman–Crippen LogP) is -1.40. The fourth-order valence-electron chi connectivity index (χ4n) is 16.2. The van der Waals surface area contributed by atoms with Crippen molar-refractivity contribution in [2.24, 2.45) is 50.2 Å². The van der Waals surface area contributed by atoms with Gasteiger partial charge in [0.2, 0.25) is 6.29 Å². The minimum atomic E-state index is -1.85. The molecule has 4 saturated carbocycles. The van der Waals surface area contributed by atoms with Crippen molar-refractivity contribution < 1.29 is 109 Å². The van der Waals surface area contributed by atoms with Crippen LogP contribution < -0.4 is 0 Å². The van der Waals surface area contributed by atoms with Gasteiger partial charge in [-0.1, -0.05) is 60.1 Å². The highest BCUT2D eigenvalue weighted by atomic mass is 16.8. The van der Waals surface area contributed by atoms with Gasteiger partial charge in [0, 0.05) is 0 Å². The Morgan fingerprint density at radius 1 is 0.573 bits per heavy atom. The predicted molar refractivity (Wildman–Crippen MR) is 257 cm³/mol. The molecule has 0 aromatic rings. The minimum Gasteiger partial charge on any atom is -0.432 e. The van der Waals surface area contributed by atoms with Crippen molar-refractivity contribution in [2.45, 2.75) is 235 Å². The van der Waals surface area contributed by atoms with Crippen LogP contribution in [0.1, 0.15) is 113 Å². The number of rotatable bonds is 11. The number of aliphatic hydroxyl groups excluding tert-OH is 13. The zero-order valence-electron chi connectivity index (χ0n) is 44.2. The standard InChI is InChI=1S/C53H86O22/c1-48(2)14-16-53(47(67)75-45-41(66)38(63)34(59)27(21-56)71-45)17-15-51(6)23(24(53)18-48)8-9-30-50(5)12-11-31(49(3,4)29(50)10-13-52(30,51)7)73-46-42(74-44-40(65)37(62)33(58)26(20-55)70-44)35(60)28(22-68-46)72-43-39(64)36(61)32(57)25(19-54)69-43/h8,24-46,54-66H,9-22H2,1-7H3/t24-,25+,26+,27+,28-,29?,30?,31-,32+,33+,34+,35-,36-,37-,38-,39+,40+,41+,42+,43-,44-,45-,46-,50-,51+,52+,53-/m0/s1. The molecular formula is C53H86O22. The number of esters is 1. The lowest BCUT2D eigenvalue weighted by Gasteiger charge is -2.71. The Morgan fingerprint density at radius 2 is 1.11 bits per heavy atom. The van der Waals surface area contributed by atoms with Crippen molar-refractivity contribution in [3.05, 3.63) is 11.6 Å². The van der Waals surface area contributed by atoms with Crippen molar-refractivity contribution >= 4 is 5.97 Å². The van der Waals surface area contributed by atoms with Gasteiger partial charge >= 0.3 is 5.97 Å². The molecule has 4 aliphatic heterocycles. The highest BCUT2D eigenvalue weighted by Crippen LogP contribution is 2.76. The fourth-order valence-corrected chi connectivity index (χ4v) is 16.2. The van der Waals surface area contributed by atoms with Crippen LogP contribution in [0.5, 0.6) is 0 Å². The first-order chi connectivity index (χ1) is 35.1. The van der Waals surface area contributed by atoms with Gasteiger partial charge in [-0.05, 0) is 109 Å². The molecule has 9 rings (SSSR count). The van der Waals surface area contributed by atoms with Crippen LogP contribution in [0.3, 0.4) is 0 Å². The maximum absolute atomic E-state index is 14.8. The molecule has 27 atom stereocenters. The number of aliphatic hydroxyl groups is 13. The molecule has 0 aromatic carbocycles. The third-order valence-corrected chi connectivity index (χ3v) is 21.1. The van der Waals surface area contributed by atoms with Gasteiger partial charge in [0.15, 0.2) is 18.9 Å². The maximum atomic E-state index is 14.8. The summed E-state index contributed by atoms with van der Waals surface area (Å²) in [6, 6.07) is 0. The second-order valence-electron chi connectivity index (χ2n) is 25.8. The maximum Gasteiger partial charge on any atom is 0.315 e. The largest absolute Gasteiger partial charge is 0.432 e. The Balaban J connectivity index is 0.956. The topological polar surface area (TPSA) is 354 Å². The molecule has 75 heavy (non-hydrogen) atoms. The zero-order valence-corrected chi connectivity index (χ0v) is 44.2. The lowest BCUT2D eigenvalue weighted by Crippen LogP contribution is -2.67. The first kappa shape index (κ1) is 58.1. The van der Waals surface area contributed by atoms with E-state index >= 15 is 0 Å². The van der Waals surface area contributed by atoms with Crippen LogP contribution in [0.4, 0.5) is 0 Å². The molecule has 430 valence electrons. The van der Waals surface area contributed by atoms with Gasteiger partial charge in [0.1, 0.15) is 91.6 Å². The van der Waals surface area contributed by atoms with Crippen LogP contribution >= 0.6 is 0 Å². The van der Waals surface area contributed by atoms with E-state index in [1.54, 1.807) is 0 Å². The number of carbonyl (C=O) groups is 1. The van der Waals surface area contributed by atoms with Crippen molar-refractivity contribution in [2.75, 3.05) is 26.4 Å². The Kier molecular flexibility index (Phi) is 16.3. The number of fused-ring (bicyclic) bond motifs is 7. The van der Waals surface area contributed by atoms with E-state index in [4.69, 9.17) is 37.9 Å².